The van der Waals surface area contributed by atoms with Crippen molar-refractivity contribution in [3.8, 4) is 0 Å². The van der Waals surface area contributed by atoms with E-state index in [-0.39, 0.29) is 10.6 Å². The molecule has 19 heavy (non-hydrogen) atoms. The fraction of sp³-hybridized carbons (Fsp3) is 0.750. The van der Waals surface area contributed by atoms with E-state index < -0.39 is 0 Å². The van der Waals surface area contributed by atoms with E-state index in [1.165, 1.54) is 17.3 Å². The van der Waals surface area contributed by atoms with E-state index in [0.717, 1.165) is 32.4 Å². The number of nitro groups is 1. The minimum absolute atomic E-state index is 0.110. The maximum atomic E-state index is 11.1. The highest BCUT2D eigenvalue weighted by Crippen LogP contribution is 2.32. The molecule has 0 amide bonds. The van der Waals surface area contributed by atoms with E-state index in [4.69, 9.17) is 0 Å². The summed E-state index contributed by atoms with van der Waals surface area (Å²) in [6, 6.07) is 0.342. The molecule has 0 bridgehead atoms. The van der Waals surface area contributed by atoms with Crippen LogP contribution in [-0.4, -0.2) is 40.9 Å². The molecular weight excluding hydrogens is 246 g/mol. The van der Waals surface area contributed by atoms with Gasteiger partial charge in [-0.3, -0.25) is 14.8 Å². The molecule has 0 radical (unpaired) electrons. The van der Waals surface area contributed by atoms with Crippen LogP contribution in [0, 0.1) is 10.1 Å². The molecule has 1 saturated heterocycles. The van der Waals surface area contributed by atoms with E-state index in [9.17, 15) is 10.1 Å². The van der Waals surface area contributed by atoms with Gasteiger partial charge in [0.15, 0.2) is 0 Å². The van der Waals surface area contributed by atoms with Crippen LogP contribution < -0.4 is 10.2 Å². The summed E-state index contributed by atoms with van der Waals surface area (Å²) in [5.41, 5.74) is 0.110. The largest absolute Gasteiger partial charge is 0.346 e. The Morgan fingerprint density at radius 3 is 3.05 bits per heavy atom. The summed E-state index contributed by atoms with van der Waals surface area (Å²) in [5.74, 6) is 0.522. The van der Waals surface area contributed by atoms with Gasteiger partial charge in [-0.1, -0.05) is 0 Å². The molecule has 0 aliphatic carbocycles. The van der Waals surface area contributed by atoms with Gasteiger partial charge in [-0.05, 0) is 39.3 Å². The minimum Gasteiger partial charge on any atom is -0.346 e. The first-order chi connectivity index (χ1) is 9.13. The molecule has 0 saturated carbocycles. The van der Waals surface area contributed by atoms with Gasteiger partial charge in [-0.15, -0.1) is 5.10 Å². The molecule has 7 heteroatoms. The van der Waals surface area contributed by atoms with Crippen molar-refractivity contribution >= 4 is 11.5 Å². The summed E-state index contributed by atoms with van der Waals surface area (Å²) in [4.78, 5) is 12.9. The van der Waals surface area contributed by atoms with Crippen LogP contribution in [0.15, 0.2) is 6.20 Å². The minimum atomic E-state index is -0.341. The molecule has 1 aromatic rings. The topological polar surface area (TPSA) is 76.2 Å². The summed E-state index contributed by atoms with van der Waals surface area (Å²) >= 11 is 0. The van der Waals surface area contributed by atoms with Gasteiger partial charge in [0.25, 0.3) is 0 Å². The Kier molecular flexibility index (Phi) is 4.36. The molecule has 2 heterocycles. The number of rotatable bonds is 5. The molecule has 1 aliphatic rings. The third-order valence-electron chi connectivity index (χ3n) is 3.61. The van der Waals surface area contributed by atoms with Crippen molar-refractivity contribution in [2.75, 3.05) is 25.0 Å². The van der Waals surface area contributed by atoms with E-state index in [1.54, 1.807) is 7.05 Å². The molecule has 1 aromatic heterocycles. The van der Waals surface area contributed by atoms with Crippen LogP contribution in [0.25, 0.3) is 0 Å². The average molecular weight is 267 g/mol. The van der Waals surface area contributed by atoms with E-state index in [1.807, 2.05) is 7.05 Å². The van der Waals surface area contributed by atoms with E-state index >= 15 is 0 Å². The van der Waals surface area contributed by atoms with E-state index in [0.29, 0.717) is 11.9 Å². The molecule has 0 spiro atoms. The predicted molar refractivity (Wildman–Crippen MR) is 73.4 cm³/mol. The zero-order valence-corrected chi connectivity index (χ0v) is 11.5. The second-order valence-corrected chi connectivity index (χ2v) is 5.00. The Balaban J connectivity index is 2.23. The lowest BCUT2D eigenvalue weighted by Gasteiger charge is -2.35. The van der Waals surface area contributed by atoms with E-state index in [2.05, 4.69) is 15.3 Å². The lowest BCUT2D eigenvalue weighted by atomic mass is 9.99. The molecule has 2 rings (SSSR count). The molecule has 1 aliphatic heterocycles. The quantitative estimate of drug-likeness (QED) is 0.642. The fourth-order valence-electron chi connectivity index (χ4n) is 2.69. The maximum Gasteiger partial charge on any atom is 0.330 e. The van der Waals surface area contributed by atoms with Gasteiger partial charge in [-0.25, -0.2) is 0 Å². The van der Waals surface area contributed by atoms with Crippen LogP contribution in [0.4, 0.5) is 11.5 Å². The van der Waals surface area contributed by atoms with Gasteiger partial charge in [0.1, 0.15) is 6.20 Å². The van der Waals surface area contributed by atoms with Crippen molar-refractivity contribution in [2.45, 2.75) is 31.7 Å². The molecule has 1 fully saturated rings. The Morgan fingerprint density at radius 1 is 1.58 bits per heavy atom. The van der Waals surface area contributed by atoms with Crippen LogP contribution in [0.2, 0.25) is 0 Å². The van der Waals surface area contributed by atoms with Crippen LogP contribution in [-0.2, 0) is 7.05 Å². The van der Waals surface area contributed by atoms with Crippen molar-refractivity contribution in [1.29, 1.82) is 0 Å². The molecule has 7 nitrogen and oxygen atoms in total. The number of piperidine rings is 1. The van der Waals surface area contributed by atoms with Crippen molar-refractivity contribution in [3.05, 3.63) is 16.3 Å². The van der Waals surface area contributed by atoms with Gasteiger partial charge in [0.05, 0.1) is 4.92 Å². The van der Waals surface area contributed by atoms with Gasteiger partial charge in [0.2, 0.25) is 5.82 Å². The monoisotopic (exact) mass is 267 g/mol. The Hall–Kier alpha value is -1.63. The number of aryl methyl sites for hydroxylation is 1. The zero-order valence-electron chi connectivity index (χ0n) is 11.5. The normalized spacial score (nSPS) is 19.7. The molecule has 106 valence electrons. The number of hydrogen-bond acceptors (Lipinski definition) is 5. The number of aromatic nitrogens is 2. The van der Waals surface area contributed by atoms with Crippen molar-refractivity contribution in [3.63, 3.8) is 0 Å². The van der Waals surface area contributed by atoms with Gasteiger partial charge >= 0.3 is 5.69 Å². The molecule has 1 atom stereocenters. The first-order valence-corrected chi connectivity index (χ1v) is 6.72. The number of anilines is 1. The van der Waals surface area contributed by atoms with Crippen molar-refractivity contribution in [1.82, 2.24) is 15.1 Å². The first kappa shape index (κ1) is 13.8. The second-order valence-electron chi connectivity index (χ2n) is 5.00. The third kappa shape index (κ3) is 3.04. The summed E-state index contributed by atoms with van der Waals surface area (Å²) < 4.78 is 1.53. The molecular formula is C12H21N5O2. The average Bonchev–Trinajstić information content (AvgIpc) is 2.79. The van der Waals surface area contributed by atoms with Crippen LogP contribution in [0.3, 0.4) is 0 Å². The third-order valence-corrected chi connectivity index (χ3v) is 3.61. The van der Waals surface area contributed by atoms with Crippen LogP contribution in [0.5, 0.6) is 0 Å². The SMILES string of the molecule is CNCCC1CCCCN1c1nn(C)cc1[N+](=O)[O-]. The summed E-state index contributed by atoms with van der Waals surface area (Å²) in [6.45, 7) is 1.77. The van der Waals surface area contributed by atoms with Crippen molar-refractivity contribution < 1.29 is 4.92 Å². The summed E-state index contributed by atoms with van der Waals surface area (Å²) in [6.07, 6.45) is 5.81. The zero-order chi connectivity index (χ0) is 13.8. The Labute approximate surface area is 112 Å². The Morgan fingerprint density at radius 2 is 2.37 bits per heavy atom. The predicted octanol–water partition coefficient (Wildman–Crippen LogP) is 1.30. The number of hydrogen-bond donors (Lipinski definition) is 1. The highest BCUT2D eigenvalue weighted by molar-refractivity contribution is 5.57. The first-order valence-electron chi connectivity index (χ1n) is 6.72. The van der Waals surface area contributed by atoms with Gasteiger partial charge in [0, 0.05) is 19.6 Å². The number of nitrogens with one attached hydrogen (secondary N) is 1. The second kappa shape index (κ2) is 6.01. The smallest absolute Gasteiger partial charge is 0.330 e. The fourth-order valence-corrected chi connectivity index (χ4v) is 2.69. The lowest BCUT2D eigenvalue weighted by molar-refractivity contribution is -0.384. The standard InChI is InChI=1S/C12H21N5O2/c1-13-7-6-10-5-3-4-8-16(10)12-11(17(18)19)9-15(2)14-12/h9-10,13H,3-8H2,1-2H3. The van der Waals surface area contributed by atoms with Crippen molar-refractivity contribution in [2.24, 2.45) is 7.05 Å². The summed E-state index contributed by atoms with van der Waals surface area (Å²) in [7, 11) is 3.65. The lowest BCUT2D eigenvalue weighted by Crippen LogP contribution is -2.41. The van der Waals surface area contributed by atoms with Gasteiger partial charge in [-0.2, -0.15) is 0 Å². The van der Waals surface area contributed by atoms with Gasteiger partial charge < -0.3 is 10.2 Å². The molecule has 1 unspecified atom stereocenters. The highest BCUT2D eigenvalue weighted by atomic mass is 16.6. The van der Waals surface area contributed by atoms with Crippen LogP contribution in [0.1, 0.15) is 25.7 Å². The number of nitrogens with zero attached hydrogens (tertiary/aromatic N) is 4. The van der Waals surface area contributed by atoms with Crippen LogP contribution >= 0.6 is 0 Å². The molecule has 0 aromatic carbocycles. The Bertz CT molecular complexity index is 445. The molecule has 1 N–H and O–H groups in total. The highest BCUT2D eigenvalue weighted by Gasteiger charge is 2.30. The summed E-state index contributed by atoms with van der Waals surface area (Å²) in [5, 5.41) is 18.5. The maximum absolute atomic E-state index is 11.1.